The summed E-state index contributed by atoms with van der Waals surface area (Å²) in [5, 5.41) is 29.3. The van der Waals surface area contributed by atoms with Gasteiger partial charge in [-0.1, -0.05) is 51.5 Å². The third kappa shape index (κ3) is 9.31. The molecule has 9 nitrogen and oxygen atoms in total. The number of hydrogen-bond acceptors (Lipinski definition) is 9. The van der Waals surface area contributed by atoms with E-state index in [4.69, 9.17) is 18.4 Å². The molecular formula is C31H50O9S. The second-order valence-electron chi connectivity index (χ2n) is 12.4. The zero-order valence-corrected chi connectivity index (χ0v) is 26.3. The van der Waals surface area contributed by atoms with Crippen LogP contribution in [0, 0.1) is 18.8 Å². The number of benzene rings is 1. The van der Waals surface area contributed by atoms with Crippen LogP contribution < -0.4 is 0 Å². The first-order valence-electron chi connectivity index (χ1n) is 14.7. The minimum Gasteiger partial charge on any atom is -0.393 e. The van der Waals surface area contributed by atoms with Gasteiger partial charge in [-0.25, -0.2) is 0 Å². The van der Waals surface area contributed by atoms with Gasteiger partial charge in [0.2, 0.25) is 0 Å². The first kappa shape index (κ1) is 34.1. The number of hydrogen-bond donors (Lipinski definition) is 3. The molecule has 41 heavy (non-hydrogen) atoms. The Labute approximate surface area is 246 Å². The minimum absolute atomic E-state index is 0.00274. The summed E-state index contributed by atoms with van der Waals surface area (Å²) in [5.74, 6) is 0.226. The van der Waals surface area contributed by atoms with Gasteiger partial charge < -0.3 is 29.5 Å². The fourth-order valence-corrected chi connectivity index (χ4v) is 6.15. The van der Waals surface area contributed by atoms with Crippen molar-refractivity contribution in [2.24, 2.45) is 11.8 Å². The molecule has 0 unspecified atom stereocenters. The Morgan fingerprint density at radius 2 is 1.56 bits per heavy atom. The maximum absolute atomic E-state index is 12.2. The predicted molar refractivity (Wildman–Crippen MR) is 156 cm³/mol. The van der Waals surface area contributed by atoms with Crippen molar-refractivity contribution in [2.45, 2.75) is 133 Å². The average molecular weight is 599 g/mol. The van der Waals surface area contributed by atoms with Crippen molar-refractivity contribution < 1.29 is 42.1 Å². The highest BCUT2D eigenvalue weighted by atomic mass is 32.2. The lowest BCUT2D eigenvalue weighted by molar-refractivity contribution is 0.0922. The van der Waals surface area contributed by atoms with Crippen LogP contribution in [0.1, 0.15) is 72.8 Å². The van der Waals surface area contributed by atoms with E-state index in [2.05, 4.69) is 6.58 Å². The van der Waals surface area contributed by atoms with E-state index in [1.165, 1.54) is 6.08 Å². The maximum Gasteiger partial charge on any atom is 0.297 e. The Hall–Kier alpha value is -1.37. The van der Waals surface area contributed by atoms with Gasteiger partial charge in [0.25, 0.3) is 10.1 Å². The summed E-state index contributed by atoms with van der Waals surface area (Å²) >= 11 is 0. The SMILES string of the molecule is C=C[C@](C)(O)C[C@H]1O[C@@H]1[C@H](C)[C@@H](O)CC.CC[C@H](O)[C@@H](C)[C@H]1O[C@@H]1C[C@@]1(C)O[C@@H]1COS(=O)(=O)c1ccc(C)cc1. The van der Waals surface area contributed by atoms with Gasteiger partial charge in [0, 0.05) is 24.7 Å². The van der Waals surface area contributed by atoms with Crippen molar-refractivity contribution in [3.8, 4) is 0 Å². The van der Waals surface area contributed by atoms with E-state index in [9.17, 15) is 23.7 Å². The largest absolute Gasteiger partial charge is 0.393 e. The van der Waals surface area contributed by atoms with Crippen LogP contribution in [0.3, 0.4) is 0 Å². The smallest absolute Gasteiger partial charge is 0.297 e. The van der Waals surface area contributed by atoms with E-state index in [0.717, 1.165) is 12.0 Å². The standard InChI is InChI=1S/C19H28O6S.C12H22O3/c1-5-15(20)13(3)18-16(24-18)10-19(4)17(25-19)11-23-26(21,22)14-8-6-12(2)7-9-14;1-5-9(13)8(3)11-10(15-11)7-12(4,14)6-2/h6-9,13,15-18,20H,5,10-11H2,1-4H3;6,8-11,13-14H,2,5,7H2,1,3-4H3/t13-,15+,16-,17-,18-,19-;8-,9+,10-,11-,12+/m11/s1. The number of ether oxygens (including phenoxy) is 3. The van der Waals surface area contributed by atoms with E-state index >= 15 is 0 Å². The van der Waals surface area contributed by atoms with E-state index in [1.807, 2.05) is 41.5 Å². The lowest BCUT2D eigenvalue weighted by Crippen LogP contribution is -2.27. The Morgan fingerprint density at radius 3 is 2.07 bits per heavy atom. The van der Waals surface area contributed by atoms with Gasteiger partial charge in [-0.05, 0) is 45.7 Å². The van der Waals surface area contributed by atoms with Crippen molar-refractivity contribution in [2.75, 3.05) is 6.61 Å². The van der Waals surface area contributed by atoms with Crippen LogP contribution in [-0.2, 0) is 28.5 Å². The zero-order valence-electron chi connectivity index (χ0n) is 25.5. The van der Waals surface area contributed by atoms with Gasteiger partial charge in [0.05, 0.1) is 59.3 Å². The summed E-state index contributed by atoms with van der Waals surface area (Å²) in [4.78, 5) is 0.151. The molecule has 0 spiro atoms. The zero-order chi connectivity index (χ0) is 30.8. The molecule has 3 fully saturated rings. The van der Waals surface area contributed by atoms with Gasteiger partial charge in [-0.2, -0.15) is 8.42 Å². The summed E-state index contributed by atoms with van der Waals surface area (Å²) in [6.07, 6.45) is 3.52. The van der Waals surface area contributed by atoms with Crippen LogP contribution in [0.15, 0.2) is 41.8 Å². The Morgan fingerprint density at radius 1 is 1.05 bits per heavy atom. The molecule has 0 bridgehead atoms. The second-order valence-corrected chi connectivity index (χ2v) is 14.0. The first-order chi connectivity index (χ1) is 19.1. The highest BCUT2D eigenvalue weighted by Gasteiger charge is 2.59. The lowest BCUT2D eigenvalue weighted by atomic mass is 9.92. The molecule has 3 heterocycles. The summed E-state index contributed by atoms with van der Waals surface area (Å²) in [7, 11) is -3.78. The third-order valence-electron chi connectivity index (χ3n) is 8.71. The van der Waals surface area contributed by atoms with Crippen LogP contribution >= 0.6 is 0 Å². The van der Waals surface area contributed by atoms with Crippen LogP contribution in [0.4, 0.5) is 0 Å². The molecule has 3 N–H and O–H groups in total. The van der Waals surface area contributed by atoms with Gasteiger partial charge in [0.15, 0.2) is 0 Å². The molecule has 3 aliphatic heterocycles. The van der Waals surface area contributed by atoms with Gasteiger partial charge in [0.1, 0.15) is 6.10 Å². The Balaban J connectivity index is 0.000000263. The summed E-state index contributed by atoms with van der Waals surface area (Å²) in [5.41, 5.74) is -0.307. The first-order valence-corrected chi connectivity index (χ1v) is 16.1. The summed E-state index contributed by atoms with van der Waals surface area (Å²) in [6.45, 7) is 17.0. The monoisotopic (exact) mass is 598 g/mol. The van der Waals surface area contributed by atoms with Crippen molar-refractivity contribution in [3.05, 3.63) is 42.5 Å². The van der Waals surface area contributed by atoms with E-state index in [-0.39, 0.29) is 66.1 Å². The molecule has 0 amide bonds. The molecule has 10 heteroatoms. The topological polar surface area (TPSA) is 142 Å². The summed E-state index contributed by atoms with van der Waals surface area (Å²) in [6, 6.07) is 6.57. The molecular weight excluding hydrogens is 548 g/mol. The average Bonchev–Trinajstić information content (AvgIpc) is 3.87. The molecule has 0 aliphatic carbocycles. The lowest BCUT2D eigenvalue weighted by Gasteiger charge is -2.18. The van der Waals surface area contributed by atoms with Crippen LogP contribution in [0.2, 0.25) is 0 Å². The number of aliphatic hydroxyl groups excluding tert-OH is 2. The van der Waals surface area contributed by atoms with Crippen molar-refractivity contribution >= 4 is 10.1 Å². The molecule has 11 atom stereocenters. The van der Waals surface area contributed by atoms with Gasteiger partial charge in [-0.15, -0.1) is 6.58 Å². The van der Waals surface area contributed by atoms with Crippen molar-refractivity contribution in [1.29, 1.82) is 0 Å². The quantitative estimate of drug-likeness (QED) is 0.156. The molecule has 3 saturated heterocycles. The molecule has 3 aliphatic rings. The third-order valence-corrected chi connectivity index (χ3v) is 10.0. The Bertz CT molecular complexity index is 1110. The normalized spacial score (nSPS) is 32.9. The molecule has 0 radical (unpaired) electrons. The van der Waals surface area contributed by atoms with Crippen LogP contribution in [0.25, 0.3) is 0 Å². The van der Waals surface area contributed by atoms with E-state index in [0.29, 0.717) is 19.3 Å². The molecule has 1 aromatic rings. The fourth-order valence-electron chi connectivity index (χ4n) is 5.24. The molecule has 0 saturated carbocycles. The highest BCUT2D eigenvalue weighted by Crippen LogP contribution is 2.47. The number of epoxide rings is 3. The predicted octanol–water partition coefficient (Wildman–Crippen LogP) is 3.91. The number of rotatable bonds is 15. The fraction of sp³-hybridized carbons (Fsp3) is 0.742. The molecule has 234 valence electrons. The molecule has 0 aromatic heterocycles. The second kappa shape index (κ2) is 13.5. The highest BCUT2D eigenvalue weighted by molar-refractivity contribution is 7.86. The van der Waals surface area contributed by atoms with Crippen LogP contribution in [0.5, 0.6) is 0 Å². The van der Waals surface area contributed by atoms with Crippen LogP contribution in [-0.4, -0.2) is 84.3 Å². The van der Waals surface area contributed by atoms with Gasteiger partial charge >= 0.3 is 0 Å². The molecule has 1 aromatic carbocycles. The maximum atomic E-state index is 12.2. The van der Waals surface area contributed by atoms with Crippen molar-refractivity contribution in [1.82, 2.24) is 0 Å². The van der Waals surface area contributed by atoms with E-state index in [1.54, 1.807) is 31.2 Å². The molecule has 4 rings (SSSR count). The minimum atomic E-state index is -3.78. The number of aliphatic hydroxyl groups is 3. The number of aryl methyl sites for hydroxylation is 1. The van der Waals surface area contributed by atoms with E-state index < -0.39 is 21.3 Å². The van der Waals surface area contributed by atoms with Crippen molar-refractivity contribution in [3.63, 3.8) is 0 Å². The Kier molecular flexibility index (Phi) is 11.2. The van der Waals surface area contributed by atoms with Gasteiger partial charge in [-0.3, -0.25) is 4.18 Å². The summed E-state index contributed by atoms with van der Waals surface area (Å²) < 4.78 is 46.5.